The van der Waals surface area contributed by atoms with Crippen LogP contribution in [0.5, 0.6) is 0 Å². The van der Waals surface area contributed by atoms with Crippen LogP contribution in [0.3, 0.4) is 0 Å². The lowest BCUT2D eigenvalue weighted by molar-refractivity contribution is 0.112. The SMILES string of the molecule is C=Cc1[nH]cc(C=O)c1/C=C(\C)Cl. The van der Waals surface area contributed by atoms with Gasteiger partial charge in [-0.15, -0.1) is 0 Å². The van der Waals surface area contributed by atoms with E-state index < -0.39 is 0 Å². The first kappa shape index (κ1) is 9.81. The average Bonchev–Trinajstić information content (AvgIpc) is 2.46. The number of carbonyl (C=O) groups is 1. The highest BCUT2D eigenvalue weighted by Gasteiger charge is 2.05. The molecule has 0 aliphatic rings. The Labute approximate surface area is 81.9 Å². The fourth-order valence-electron chi connectivity index (χ4n) is 1.09. The maximum absolute atomic E-state index is 10.6. The number of nitrogens with one attached hydrogen (secondary N) is 1. The zero-order valence-corrected chi connectivity index (χ0v) is 8.06. The van der Waals surface area contributed by atoms with Crippen LogP contribution in [0.1, 0.15) is 28.5 Å². The molecule has 13 heavy (non-hydrogen) atoms. The van der Waals surface area contributed by atoms with E-state index in [2.05, 4.69) is 11.6 Å². The molecule has 3 heteroatoms. The van der Waals surface area contributed by atoms with Gasteiger partial charge in [0.1, 0.15) is 0 Å². The number of hydrogen-bond acceptors (Lipinski definition) is 1. The van der Waals surface area contributed by atoms with Gasteiger partial charge in [-0.05, 0) is 19.1 Å². The Balaban J connectivity index is 3.27. The Morgan fingerprint density at radius 3 is 2.85 bits per heavy atom. The molecule has 0 fully saturated rings. The molecule has 0 unspecified atom stereocenters. The quantitative estimate of drug-likeness (QED) is 0.739. The van der Waals surface area contributed by atoms with E-state index in [1.54, 1.807) is 25.3 Å². The summed E-state index contributed by atoms with van der Waals surface area (Å²) in [7, 11) is 0. The zero-order valence-electron chi connectivity index (χ0n) is 7.30. The number of H-pyrrole nitrogens is 1. The Hall–Kier alpha value is -1.28. The van der Waals surface area contributed by atoms with Crippen LogP contribution in [0.25, 0.3) is 12.2 Å². The summed E-state index contributed by atoms with van der Waals surface area (Å²) in [5, 5.41) is 0.630. The third kappa shape index (κ3) is 2.10. The van der Waals surface area contributed by atoms with E-state index >= 15 is 0 Å². The molecule has 0 aromatic carbocycles. The molecule has 68 valence electrons. The minimum absolute atomic E-state index is 0.593. The lowest BCUT2D eigenvalue weighted by Crippen LogP contribution is -1.81. The van der Waals surface area contributed by atoms with Gasteiger partial charge < -0.3 is 4.98 Å². The number of aromatic amines is 1. The van der Waals surface area contributed by atoms with Gasteiger partial charge in [0, 0.05) is 28.0 Å². The highest BCUT2D eigenvalue weighted by atomic mass is 35.5. The molecular weight excluding hydrogens is 186 g/mol. The van der Waals surface area contributed by atoms with Gasteiger partial charge in [-0.3, -0.25) is 4.79 Å². The van der Waals surface area contributed by atoms with E-state index in [1.165, 1.54) is 0 Å². The first-order chi connectivity index (χ1) is 6.19. The third-order valence-electron chi connectivity index (χ3n) is 1.66. The maximum Gasteiger partial charge on any atom is 0.152 e. The summed E-state index contributed by atoms with van der Waals surface area (Å²) < 4.78 is 0. The molecule has 0 saturated heterocycles. The van der Waals surface area contributed by atoms with E-state index in [0.29, 0.717) is 10.6 Å². The Kier molecular flexibility index (Phi) is 3.09. The fourth-order valence-corrected chi connectivity index (χ4v) is 1.20. The summed E-state index contributed by atoms with van der Waals surface area (Å²) in [6.45, 7) is 5.39. The van der Waals surface area contributed by atoms with E-state index in [1.807, 2.05) is 0 Å². The van der Waals surface area contributed by atoms with E-state index in [0.717, 1.165) is 17.5 Å². The highest BCUT2D eigenvalue weighted by Crippen LogP contribution is 2.18. The molecule has 0 spiro atoms. The first-order valence-corrected chi connectivity index (χ1v) is 4.19. The second kappa shape index (κ2) is 4.10. The van der Waals surface area contributed by atoms with Crippen LogP contribution in [-0.2, 0) is 0 Å². The van der Waals surface area contributed by atoms with Crippen LogP contribution in [0.15, 0.2) is 17.8 Å². The smallest absolute Gasteiger partial charge is 0.152 e. The normalized spacial score (nSPS) is 11.4. The number of halogens is 1. The van der Waals surface area contributed by atoms with E-state index in [9.17, 15) is 4.79 Å². The summed E-state index contributed by atoms with van der Waals surface area (Å²) in [5.74, 6) is 0. The monoisotopic (exact) mass is 195 g/mol. The summed E-state index contributed by atoms with van der Waals surface area (Å²) >= 11 is 5.72. The van der Waals surface area contributed by atoms with Crippen molar-refractivity contribution in [1.82, 2.24) is 4.98 Å². The molecule has 0 radical (unpaired) electrons. The summed E-state index contributed by atoms with van der Waals surface area (Å²) in [4.78, 5) is 13.5. The van der Waals surface area contributed by atoms with Crippen molar-refractivity contribution in [3.05, 3.63) is 34.6 Å². The maximum atomic E-state index is 10.6. The highest BCUT2D eigenvalue weighted by molar-refractivity contribution is 6.31. The van der Waals surface area contributed by atoms with Crippen molar-refractivity contribution in [1.29, 1.82) is 0 Å². The van der Waals surface area contributed by atoms with Gasteiger partial charge in [0.05, 0.1) is 0 Å². The molecule has 1 heterocycles. The average molecular weight is 196 g/mol. The standard InChI is InChI=1S/C10H10ClNO/c1-3-10-9(4-7(2)11)8(6-13)5-12-10/h3-6,12H,1H2,2H3/b7-4+. The Bertz CT molecular complexity index is 334. The topological polar surface area (TPSA) is 32.9 Å². The Morgan fingerprint density at radius 2 is 2.38 bits per heavy atom. The number of aldehydes is 1. The van der Waals surface area contributed by atoms with Crippen LogP contribution in [0.2, 0.25) is 0 Å². The molecule has 0 amide bonds. The van der Waals surface area contributed by atoms with Crippen LogP contribution >= 0.6 is 11.6 Å². The van der Waals surface area contributed by atoms with Crippen LogP contribution in [-0.4, -0.2) is 11.3 Å². The predicted octanol–water partition coefficient (Wildman–Crippen LogP) is 3.07. The molecule has 1 N–H and O–H groups in total. The van der Waals surface area contributed by atoms with Gasteiger partial charge in [0.2, 0.25) is 0 Å². The van der Waals surface area contributed by atoms with Gasteiger partial charge in [0.25, 0.3) is 0 Å². The predicted molar refractivity (Wildman–Crippen MR) is 55.8 cm³/mol. The number of allylic oxidation sites excluding steroid dienone is 1. The lowest BCUT2D eigenvalue weighted by Gasteiger charge is -1.93. The van der Waals surface area contributed by atoms with Crippen LogP contribution < -0.4 is 0 Å². The van der Waals surface area contributed by atoms with Crippen molar-refractivity contribution < 1.29 is 4.79 Å². The second-order valence-corrected chi connectivity index (χ2v) is 3.22. The van der Waals surface area contributed by atoms with Crippen molar-refractivity contribution in [3.8, 4) is 0 Å². The third-order valence-corrected chi connectivity index (χ3v) is 1.77. The summed E-state index contributed by atoms with van der Waals surface area (Å²) in [6, 6.07) is 0. The van der Waals surface area contributed by atoms with Gasteiger partial charge in [-0.1, -0.05) is 18.2 Å². The zero-order chi connectivity index (χ0) is 9.84. The van der Waals surface area contributed by atoms with E-state index in [4.69, 9.17) is 11.6 Å². The summed E-state index contributed by atoms with van der Waals surface area (Å²) in [6.07, 6.45) is 5.81. The molecule has 0 aliphatic carbocycles. The number of aromatic nitrogens is 1. The van der Waals surface area contributed by atoms with Crippen molar-refractivity contribution in [2.45, 2.75) is 6.92 Å². The van der Waals surface area contributed by atoms with E-state index in [-0.39, 0.29) is 0 Å². The van der Waals surface area contributed by atoms with Gasteiger partial charge in [-0.25, -0.2) is 0 Å². The molecule has 0 atom stereocenters. The fraction of sp³-hybridized carbons (Fsp3) is 0.100. The van der Waals surface area contributed by atoms with Gasteiger partial charge >= 0.3 is 0 Å². The molecule has 1 aromatic heterocycles. The molecule has 2 nitrogen and oxygen atoms in total. The molecule has 0 bridgehead atoms. The first-order valence-electron chi connectivity index (χ1n) is 3.81. The largest absolute Gasteiger partial charge is 0.360 e. The molecule has 0 aliphatic heterocycles. The summed E-state index contributed by atoms with van der Waals surface area (Å²) in [5.41, 5.74) is 2.19. The van der Waals surface area contributed by atoms with Crippen LogP contribution in [0.4, 0.5) is 0 Å². The second-order valence-electron chi connectivity index (χ2n) is 2.62. The van der Waals surface area contributed by atoms with Crippen molar-refractivity contribution in [2.24, 2.45) is 0 Å². The molecular formula is C10H10ClNO. The molecule has 1 aromatic rings. The van der Waals surface area contributed by atoms with Gasteiger partial charge in [-0.2, -0.15) is 0 Å². The number of carbonyl (C=O) groups excluding carboxylic acids is 1. The van der Waals surface area contributed by atoms with Gasteiger partial charge in [0.15, 0.2) is 6.29 Å². The molecule has 0 saturated carbocycles. The lowest BCUT2D eigenvalue weighted by atomic mass is 10.1. The van der Waals surface area contributed by atoms with Crippen molar-refractivity contribution >= 4 is 30.0 Å². The number of hydrogen-bond donors (Lipinski definition) is 1. The van der Waals surface area contributed by atoms with Crippen LogP contribution in [0, 0.1) is 0 Å². The minimum atomic E-state index is 0.593. The molecule has 1 rings (SSSR count). The Morgan fingerprint density at radius 1 is 1.69 bits per heavy atom. The minimum Gasteiger partial charge on any atom is -0.360 e. The number of rotatable bonds is 3. The van der Waals surface area contributed by atoms with Crippen molar-refractivity contribution in [3.63, 3.8) is 0 Å². The van der Waals surface area contributed by atoms with Crippen molar-refractivity contribution in [2.75, 3.05) is 0 Å².